The van der Waals surface area contributed by atoms with Crippen molar-refractivity contribution in [1.29, 1.82) is 0 Å². The normalized spacial score (nSPS) is 17.1. The SMILES string of the molecule is CCCC[C@H]1CN(c2cccc(-c3ccccc3)c2)C(=O)CN1C(=O)COC. The van der Waals surface area contributed by atoms with E-state index in [2.05, 4.69) is 31.2 Å². The van der Waals surface area contributed by atoms with E-state index in [1.165, 1.54) is 7.11 Å². The molecule has 2 amide bonds. The molecule has 1 fully saturated rings. The number of carbonyl (C=O) groups is 2. The summed E-state index contributed by atoms with van der Waals surface area (Å²) in [4.78, 5) is 28.8. The number of unbranched alkanes of at least 4 members (excludes halogenated alkanes) is 1. The van der Waals surface area contributed by atoms with Crippen molar-refractivity contribution in [2.75, 3.05) is 31.7 Å². The van der Waals surface area contributed by atoms with Crippen LogP contribution < -0.4 is 4.90 Å². The van der Waals surface area contributed by atoms with Crippen LogP contribution in [-0.2, 0) is 14.3 Å². The molecule has 148 valence electrons. The van der Waals surface area contributed by atoms with Crippen molar-refractivity contribution in [3.05, 3.63) is 54.6 Å². The van der Waals surface area contributed by atoms with Crippen molar-refractivity contribution >= 4 is 17.5 Å². The number of benzene rings is 2. The third-order valence-electron chi connectivity index (χ3n) is 5.18. The molecule has 28 heavy (non-hydrogen) atoms. The molecule has 0 bridgehead atoms. The molecular formula is C23H28N2O3. The molecule has 5 heteroatoms. The van der Waals surface area contributed by atoms with Crippen LogP contribution in [0, 0.1) is 0 Å². The van der Waals surface area contributed by atoms with E-state index in [0.29, 0.717) is 6.54 Å². The van der Waals surface area contributed by atoms with Crippen LogP contribution >= 0.6 is 0 Å². The Balaban J connectivity index is 1.84. The van der Waals surface area contributed by atoms with Gasteiger partial charge >= 0.3 is 0 Å². The minimum Gasteiger partial charge on any atom is -0.375 e. The lowest BCUT2D eigenvalue weighted by Gasteiger charge is -2.41. The van der Waals surface area contributed by atoms with E-state index in [1.54, 1.807) is 4.90 Å². The van der Waals surface area contributed by atoms with Gasteiger partial charge in [0.2, 0.25) is 11.8 Å². The Morgan fingerprint density at radius 3 is 2.57 bits per heavy atom. The van der Waals surface area contributed by atoms with E-state index in [4.69, 9.17) is 4.74 Å². The molecule has 0 aliphatic carbocycles. The summed E-state index contributed by atoms with van der Waals surface area (Å²) in [6.07, 6.45) is 2.96. The second-order valence-corrected chi connectivity index (χ2v) is 7.17. The predicted molar refractivity (Wildman–Crippen MR) is 111 cm³/mol. The van der Waals surface area contributed by atoms with Crippen LogP contribution in [-0.4, -0.2) is 49.6 Å². The number of hydrogen-bond donors (Lipinski definition) is 0. The maximum absolute atomic E-state index is 12.9. The fourth-order valence-corrected chi connectivity index (χ4v) is 3.69. The lowest BCUT2D eigenvalue weighted by atomic mass is 10.0. The monoisotopic (exact) mass is 380 g/mol. The van der Waals surface area contributed by atoms with Crippen molar-refractivity contribution in [3.8, 4) is 11.1 Å². The second-order valence-electron chi connectivity index (χ2n) is 7.17. The summed E-state index contributed by atoms with van der Waals surface area (Å²) in [6.45, 7) is 2.77. The highest BCUT2D eigenvalue weighted by atomic mass is 16.5. The summed E-state index contributed by atoms with van der Waals surface area (Å²) < 4.78 is 5.00. The van der Waals surface area contributed by atoms with Crippen LogP contribution in [0.25, 0.3) is 11.1 Å². The van der Waals surface area contributed by atoms with Crippen LogP contribution in [0.5, 0.6) is 0 Å². The van der Waals surface area contributed by atoms with Gasteiger partial charge in [0.1, 0.15) is 13.2 Å². The van der Waals surface area contributed by atoms with Gasteiger partial charge in [-0.2, -0.15) is 0 Å². The van der Waals surface area contributed by atoms with Gasteiger partial charge in [0.25, 0.3) is 0 Å². The predicted octanol–water partition coefficient (Wildman–Crippen LogP) is 3.73. The number of carbonyl (C=O) groups excluding carboxylic acids is 2. The standard InChI is InChI=1S/C23H28N2O3/c1-3-4-12-21-15-24(22(26)16-25(21)23(27)17-28-2)20-13-8-11-19(14-20)18-9-6-5-7-10-18/h5-11,13-14,21H,3-4,12,15-17H2,1-2H3/t21-/m0/s1. The average molecular weight is 380 g/mol. The number of piperazine rings is 1. The number of nitrogens with zero attached hydrogens (tertiary/aromatic N) is 2. The molecule has 0 N–H and O–H groups in total. The van der Waals surface area contributed by atoms with Gasteiger partial charge in [-0.05, 0) is 29.7 Å². The Labute approximate surface area is 166 Å². The molecule has 0 spiro atoms. The summed E-state index contributed by atoms with van der Waals surface area (Å²) in [7, 11) is 1.51. The average Bonchev–Trinajstić information content (AvgIpc) is 2.73. The lowest BCUT2D eigenvalue weighted by Crippen LogP contribution is -2.58. The van der Waals surface area contributed by atoms with Crippen LogP contribution in [0.4, 0.5) is 5.69 Å². The van der Waals surface area contributed by atoms with Crippen molar-refractivity contribution < 1.29 is 14.3 Å². The summed E-state index contributed by atoms with van der Waals surface area (Å²) in [5, 5.41) is 0. The van der Waals surface area contributed by atoms with Crippen molar-refractivity contribution in [2.45, 2.75) is 32.2 Å². The maximum atomic E-state index is 12.9. The van der Waals surface area contributed by atoms with E-state index >= 15 is 0 Å². The van der Waals surface area contributed by atoms with Gasteiger partial charge < -0.3 is 14.5 Å². The molecule has 1 aliphatic rings. The van der Waals surface area contributed by atoms with Gasteiger partial charge in [-0.1, -0.05) is 62.2 Å². The van der Waals surface area contributed by atoms with Crippen LogP contribution in [0.3, 0.4) is 0 Å². The maximum Gasteiger partial charge on any atom is 0.249 e. The van der Waals surface area contributed by atoms with Gasteiger partial charge in [0, 0.05) is 19.3 Å². The Hall–Kier alpha value is -2.66. The molecule has 0 unspecified atom stereocenters. The number of anilines is 1. The Morgan fingerprint density at radius 2 is 1.86 bits per heavy atom. The number of rotatable bonds is 7. The molecular weight excluding hydrogens is 352 g/mol. The highest BCUT2D eigenvalue weighted by Gasteiger charge is 2.35. The molecule has 2 aromatic rings. The first kappa shape index (κ1) is 20.1. The first-order chi connectivity index (χ1) is 13.6. The molecule has 5 nitrogen and oxygen atoms in total. The zero-order chi connectivity index (χ0) is 19.9. The molecule has 2 aromatic carbocycles. The zero-order valence-electron chi connectivity index (χ0n) is 16.6. The van der Waals surface area contributed by atoms with Crippen molar-refractivity contribution in [2.24, 2.45) is 0 Å². The van der Waals surface area contributed by atoms with Crippen LogP contribution in [0.2, 0.25) is 0 Å². The third kappa shape index (κ3) is 4.60. The first-order valence-electron chi connectivity index (χ1n) is 9.88. The van der Waals surface area contributed by atoms with Crippen LogP contribution in [0.15, 0.2) is 54.6 Å². The van der Waals surface area contributed by atoms with Crippen LogP contribution in [0.1, 0.15) is 26.2 Å². The van der Waals surface area contributed by atoms with E-state index in [1.807, 2.05) is 35.2 Å². The zero-order valence-corrected chi connectivity index (χ0v) is 16.6. The largest absolute Gasteiger partial charge is 0.375 e. The molecule has 3 rings (SSSR count). The molecule has 1 heterocycles. The number of ether oxygens (including phenoxy) is 1. The Morgan fingerprint density at radius 1 is 1.11 bits per heavy atom. The number of methoxy groups -OCH3 is 1. The highest BCUT2D eigenvalue weighted by molar-refractivity contribution is 5.98. The van der Waals surface area contributed by atoms with E-state index < -0.39 is 0 Å². The summed E-state index contributed by atoms with van der Waals surface area (Å²) in [5.74, 6) is -0.169. The molecule has 1 atom stereocenters. The van der Waals surface area contributed by atoms with Gasteiger partial charge in [-0.3, -0.25) is 9.59 Å². The number of amides is 2. The lowest BCUT2D eigenvalue weighted by molar-refractivity contribution is -0.143. The van der Waals surface area contributed by atoms with Crippen molar-refractivity contribution in [3.63, 3.8) is 0 Å². The van der Waals surface area contributed by atoms with E-state index in [9.17, 15) is 9.59 Å². The quantitative estimate of drug-likeness (QED) is 0.735. The fourth-order valence-electron chi connectivity index (χ4n) is 3.69. The summed E-state index contributed by atoms with van der Waals surface area (Å²) in [5.41, 5.74) is 3.08. The molecule has 0 aromatic heterocycles. The van der Waals surface area contributed by atoms with Crippen molar-refractivity contribution in [1.82, 2.24) is 4.90 Å². The van der Waals surface area contributed by atoms with E-state index in [-0.39, 0.29) is 31.0 Å². The van der Waals surface area contributed by atoms with Gasteiger partial charge in [-0.25, -0.2) is 0 Å². The second kappa shape index (κ2) is 9.51. The van der Waals surface area contributed by atoms with Gasteiger partial charge in [-0.15, -0.1) is 0 Å². The van der Waals surface area contributed by atoms with Gasteiger partial charge in [0.15, 0.2) is 0 Å². The highest BCUT2D eigenvalue weighted by Crippen LogP contribution is 2.27. The fraction of sp³-hybridized carbons (Fsp3) is 0.391. The summed E-state index contributed by atoms with van der Waals surface area (Å²) >= 11 is 0. The van der Waals surface area contributed by atoms with E-state index in [0.717, 1.165) is 36.1 Å². The number of hydrogen-bond acceptors (Lipinski definition) is 3. The molecule has 0 saturated carbocycles. The molecule has 1 aliphatic heterocycles. The minimum absolute atomic E-state index is 0.0133. The smallest absolute Gasteiger partial charge is 0.249 e. The minimum atomic E-state index is -0.116. The Kier molecular flexibility index (Phi) is 6.82. The summed E-state index contributed by atoms with van der Waals surface area (Å²) in [6, 6.07) is 18.2. The molecule has 1 saturated heterocycles. The third-order valence-corrected chi connectivity index (χ3v) is 5.18. The Bertz CT molecular complexity index is 807. The molecule has 0 radical (unpaired) electrons. The van der Waals surface area contributed by atoms with Gasteiger partial charge in [0.05, 0.1) is 6.04 Å². The topological polar surface area (TPSA) is 49.9 Å². The first-order valence-corrected chi connectivity index (χ1v) is 9.88.